The van der Waals surface area contributed by atoms with Gasteiger partial charge in [0, 0.05) is 43.8 Å². The van der Waals surface area contributed by atoms with Crippen molar-refractivity contribution in [2.24, 2.45) is 0 Å². The first-order valence-electron chi connectivity index (χ1n) is 12.8. The number of hydrogen-bond donors (Lipinski definition) is 0. The first-order chi connectivity index (χ1) is 17.6. The molecule has 4 aromatic rings. The Kier molecular flexibility index (Phi) is 7.22. The highest BCUT2D eigenvalue weighted by Crippen LogP contribution is 2.35. The van der Waals surface area contributed by atoms with Gasteiger partial charge in [-0.25, -0.2) is 4.98 Å². The van der Waals surface area contributed by atoms with Crippen LogP contribution in [0, 0.1) is 13.8 Å². The van der Waals surface area contributed by atoms with Crippen LogP contribution >= 0.6 is 12.4 Å². The number of ether oxygens (including phenoxy) is 1. The Hall–Kier alpha value is -3.35. The Balaban J connectivity index is 0.00000280. The van der Waals surface area contributed by atoms with Crippen molar-refractivity contribution in [1.29, 1.82) is 0 Å². The second kappa shape index (κ2) is 10.6. The van der Waals surface area contributed by atoms with Crippen LogP contribution in [0.25, 0.3) is 10.9 Å². The molecule has 1 amide bonds. The summed E-state index contributed by atoms with van der Waals surface area (Å²) in [5, 5.41) is 1.11. The van der Waals surface area contributed by atoms with Gasteiger partial charge in [-0.05, 0) is 48.6 Å². The second-order valence-corrected chi connectivity index (χ2v) is 9.85. The molecule has 0 spiro atoms. The van der Waals surface area contributed by atoms with Crippen LogP contribution in [0.15, 0.2) is 60.7 Å². The van der Waals surface area contributed by atoms with Gasteiger partial charge in [0.25, 0.3) is 5.91 Å². The Labute approximate surface area is 224 Å². The maximum atomic E-state index is 13.6. The normalized spacial score (nSPS) is 15.4. The highest BCUT2D eigenvalue weighted by Gasteiger charge is 2.27. The summed E-state index contributed by atoms with van der Waals surface area (Å²) in [6, 6.07) is 21.2. The van der Waals surface area contributed by atoms with Crippen LogP contribution in [-0.2, 0) is 24.2 Å². The number of hydrogen-bond acceptors (Lipinski definition) is 4. The number of carbonyl (C=O) groups excluding carboxylic acids is 1. The lowest BCUT2D eigenvalue weighted by Crippen LogP contribution is -2.41. The van der Waals surface area contributed by atoms with Crippen LogP contribution < -0.4 is 4.90 Å². The van der Waals surface area contributed by atoms with E-state index in [1.165, 1.54) is 27.9 Å². The van der Waals surface area contributed by atoms with Crippen LogP contribution in [0.1, 0.15) is 38.4 Å². The number of fused-ring (bicyclic) bond motifs is 2. The minimum atomic E-state index is -0.00766. The molecule has 0 aliphatic carbocycles. The SMILES string of the molecule is Cc1c(C)n(Cc2ccccc2)c2c(N3CCc4ccccc4C3)nc(C(=O)N3CCOCC3)cc12.Cl. The van der Waals surface area contributed by atoms with E-state index in [1.807, 2.05) is 11.0 Å². The number of amides is 1. The lowest BCUT2D eigenvalue weighted by atomic mass is 10.00. The molecule has 0 saturated carbocycles. The van der Waals surface area contributed by atoms with E-state index in [-0.39, 0.29) is 18.3 Å². The molecule has 0 atom stereocenters. The smallest absolute Gasteiger partial charge is 0.272 e. The van der Waals surface area contributed by atoms with Crippen molar-refractivity contribution >= 4 is 35.0 Å². The summed E-state index contributed by atoms with van der Waals surface area (Å²) in [5.41, 5.74) is 8.05. The summed E-state index contributed by atoms with van der Waals surface area (Å²) in [5.74, 6) is 0.900. The van der Waals surface area contributed by atoms with Crippen molar-refractivity contribution in [2.45, 2.75) is 33.4 Å². The zero-order valence-corrected chi connectivity index (χ0v) is 22.3. The summed E-state index contributed by atoms with van der Waals surface area (Å²) in [7, 11) is 0. The Morgan fingerprint density at radius 1 is 0.946 bits per heavy atom. The number of halogens is 1. The topological polar surface area (TPSA) is 50.6 Å². The van der Waals surface area contributed by atoms with E-state index in [1.54, 1.807) is 0 Å². The van der Waals surface area contributed by atoms with Crippen LogP contribution in [0.3, 0.4) is 0 Å². The summed E-state index contributed by atoms with van der Waals surface area (Å²) in [4.78, 5) is 22.9. The molecule has 192 valence electrons. The summed E-state index contributed by atoms with van der Waals surface area (Å²) in [6.07, 6.45) is 0.971. The fraction of sp³-hybridized carbons (Fsp3) is 0.333. The molecule has 2 aliphatic heterocycles. The molecule has 2 aliphatic rings. The number of carbonyl (C=O) groups is 1. The first kappa shape index (κ1) is 25.3. The minimum Gasteiger partial charge on any atom is -0.378 e. The number of aryl methyl sites for hydroxylation is 1. The van der Waals surface area contributed by atoms with Gasteiger partial charge in [-0.15, -0.1) is 12.4 Å². The molecule has 1 fully saturated rings. The molecule has 2 aromatic carbocycles. The summed E-state index contributed by atoms with van der Waals surface area (Å²) < 4.78 is 7.86. The minimum absolute atomic E-state index is 0. The van der Waals surface area contributed by atoms with E-state index < -0.39 is 0 Å². The van der Waals surface area contributed by atoms with Crippen LogP contribution in [0.4, 0.5) is 5.82 Å². The summed E-state index contributed by atoms with van der Waals surface area (Å²) in [6.45, 7) is 9.16. The lowest BCUT2D eigenvalue weighted by molar-refractivity contribution is 0.0299. The van der Waals surface area contributed by atoms with E-state index in [0.29, 0.717) is 32.0 Å². The third-order valence-electron chi connectivity index (χ3n) is 7.73. The lowest BCUT2D eigenvalue weighted by Gasteiger charge is -2.31. The standard InChI is InChI=1S/C30H32N4O2.ClH/c1-21-22(2)34(19-23-8-4-3-5-9-23)28-26(21)18-27(30(35)32-14-16-36-17-15-32)31-29(28)33-13-12-24-10-6-7-11-25(24)20-33;/h3-11,18H,12-17,19-20H2,1-2H3;1H. The predicted molar refractivity (Wildman–Crippen MR) is 150 cm³/mol. The third kappa shape index (κ3) is 4.72. The predicted octanol–water partition coefficient (Wildman–Crippen LogP) is 5.16. The van der Waals surface area contributed by atoms with Crippen LogP contribution in [0.2, 0.25) is 0 Å². The molecule has 0 radical (unpaired) electrons. The fourth-order valence-electron chi connectivity index (χ4n) is 5.54. The van der Waals surface area contributed by atoms with Crippen LogP contribution in [-0.4, -0.2) is 53.2 Å². The van der Waals surface area contributed by atoms with Gasteiger partial charge in [0.05, 0.1) is 18.7 Å². The van der Waals surface area contributed by atoms with Crippen molar-refractivity contribution < 1.29 is 9.53 Å². The fourth-order valence-corrected chi connectivity index (χ4v) is 5.54. The highest BCUT2D eigenvalue weighted by atomic mass is 35.5. The molecule has 7 heteroatoms. The number of pyridine rings is 1. The van der Waals surface area contributed by atoms with E-state index in [0.717, 1.165) is 42.8 Å². The van der Waals surface area contributed by atoms with Gasteiger partial charge >= 0.3 is 0 Å². The number of anilines is 1. The molecular weight excluding hydrogens is 484 g/mol. The van der Waals surface area contributed by atoms with Gasteiger partial charge in [0.2, 0.25) is 0 Å². The third-order valence-corrected chi connectivity index (χ3v) is 7.73. The quantitative estimate of drug-likeness (QED) is 0.376. The molecule has 4 heterocycles. The first-order valence-corrected chi connectivity index (χ1v) is 12.8. The average Bonchev–Trinajstić information content (AvgIpc) is 3.17. The average molecular weight is 517 g/mol. The van der Waals surface area contributed by atoms with Gasteiger partial charge in [-0.2, -0.15) is 0 Å². The zero-order valence-electron chi connectivity index (χ0n) is 21.4. The van der Waals surface area contributed by atoms with Gasteiger partial charge in [-0.3, -0.25) is 4.79 Å². The number of nitrogens with zero attached hydrogens (tertiary/aromatic N) is 4. The van der Waals surface area contributed by atoms with Crippen molar-refractivity contribution in [3.8, 4) is 0 Å². The van der Waals surface area contributed by atoms with Crippen molar-refractivity contribution in [3.05, 3.63) is 94.3 Å². The Bertz CT molecular complexity index is 1430. The van der Waals surface area contributed by atoms with E-state index >= 15 is 0 Å². The molecule has 0 bridgehead atoms. The van der Waals surface area contributed by atoms with Crippen molar-refractivity contribution in [2.75, 3.05) is 37.7 Å². The molecule has 0 N–H and O–H groups in total. The number of benzene rings is 2. The van der Waals surface area contributed by atoms with Crippen LogP contribution in [0.5, 0.6) is 0 Å². The number of morpholine rings is 1. The van der Waals surface area contributed by atoms with Gasteiger partial charge in [0.1, 0.15) is 5.69 Å². The monoisotopic (exact) mass is 516 g/mol. The van der Waals surface area contributed by atoms with E-state index in [2.05, 4.69) is 77.9 Å². The molecule has 37 heavy (non-hydrogen) atoms. The highest BCUT2D eigenvalue weighted by molar-refractivity contribution is 6.01. The van der Waals surface area contributed by atoms with E-state index in [4.69, 9.17) is 9.72 Å². The van der Waals surface area contributed by atoms with E-state index in [9.17, 15) is 4.79 Å². The number of rotatable bonds is 4. The van der Waals surface area contributed by atoms with Gasteiger partial charge in [0.15, 0.2) is 5.82 Å². The maximum absolute atomic E-state index is 13.6. The zero-order chi connectivity index (χ0) is 24.6. The Morgan fingerprint density at radius 3 is 2.41 bits per heavy atom. The van der Waals surface area contributed by atoms with Gasteiger partial charge in [-0.1, -0.05) is 54.6 Å². The summed E-state index contributed by atoms with van der Waals surface area (Å²) >= 11 is 0. The molecule has 1 saturated heterocycles. The molecule has 2 aromatic heterocycles. The van der Waals surface area contributed by atoms with Gasteiger partial charge < -0.3 is 19.1 Å². The maximum Gasteiger partial charge on any atom is 0.272 e. The van der Waals surface area contributed by atoms with Crippen molar-refractivity contribution in [3.63, 3.8) is 0 Å². The largest absolute Gasteiger partial charge is 0.378 e. The molecular formula is C30H33ClN4O2. The molecule has 6 nitrogen and oxygen atoms in total. The Morgan fingerprint density at radius 2 is 1.65 bits per heavy atom. The second-order valence-electron chi connectivity index (χ2n) is 9.85. The molecule has 0 unspecified atom stereocenters. The molecule has 6 rings (SSSR count). The number of aromatic nitrogens is 2. The van der Waals surface area contributed by atoms with Crippen molar-refractivity contribution in [1.82, 2.24) is 14.5 Å².